The number of furan rings is 2. The van der Waals surface area contributed by atoms with Crippen LogP contribution in [-0.4, -0.2) is 15.0 Å². The zero-order valence-electron chi connectivity index (χ0n) is 28.9. The van der Waals surface area contributed by atoms with Crippen LogP contribution in [-0.2, 0) is 0 Å². The highest BCUT2D eigenvalue weighted by Gasteiger charge is 2.21. The molecule has 5 heteroatoms. The van der Waals surface area contributed by atoms with Gasteiger partial charge in [-0.05, 0) is 69.4 Å². The van der Waals surface area contributed by atoms with Crippen molar-refractivity contribution < 1.29 is 8.83 Å². The van der Waals surface area contributed by atoms with Gasteiger partial charge in [-0.1, -0.05) is 140 Å². The SMILES string of the molecule is c1ccc(-c2ccc(-c3nc(-c4ccc5ccccc5c4)nc(-c4cc(-c5cccc6oc7ccccc7c56)cc5oc6ccccc6c45)n3)cc2)cc1. The minimum Gasteiger partial charge on any atom is -0.456 e. The summed E-state index contributed by atoms with van der Waals surface area (Å²) in [6.45, 7) is 0. The molecule has 54 heavy (non-hydrogen) atoms. The lowest BCUT2D eigenvalue weighted by Crippen LogP contribution is -2.01. The van der Waals surface area contributed by atoms with Crippen LogP contribution in [0.2, 0.25) is 0 Å². The van der Waals surface area contributed by atoms with Gasteiger partial charge in [-0.15, -0.1) is 0 Å². The van der Waals surface area contributed by atoms with E-state index in [-0.39, 0.29) is 0 Å². The number of hydrogen-bond donors (Lipinski definition) is 0. The van der Waals surface area contributed by atoms with Crippen LogP contribution >= 0.6 is 0 Å². The summed E-state index contributed by atoms with van der Waals surface area (Å²) in [5.74, 6) is 1.76. The maximum Gasteiger partial charge on any atom is 0.164 e. The molecule has 0 saturated heterocycles. The van der Waals surface area contributed by atoms with Gasteiger partial charge in [0.2, 0.25) is 0 Å². The minimum atomic E-state index is 0.568. The van der Waals surface area contributed by atoms with Crippen molar-refractivity contribution in [3.63, 3.8) is 0 Å². The summed E-state index contributed by atoms with van der Waals surface area (Å²) >= 11 is 0. The summed E-state index contributed by atoms with van der Waals surface area (Å²) in [6, 6.07) is 60.4. The van der Waals surface area contributed by atoms with Crippen molar-refractivity contribution in [3.8, 4) is 56.4 Å². The third-order valence-corrected chi connectivity index (χ3v) is 10.3. The molecule has 0 bridgehead atoms. The van der Waals surface area contributed by atoms with E-state index >= 15 is 0 Å². The Morgan fingerprint density at radius 3 is 1.63 bits per heavy atom. The van der Waals surface area contributed by atoms with Crippen LogP contribution in [0.25, 0.3) is 111 Å². The first kappa shape index (κ1) is 30.3. The van der Waals surface area contributed by atoms with Crippen molar-refractivity contribution in [3.05, 3.63) is 176 Å². The Bertz CT molecular complexity index is 3210. The average molecular weight is 692 g/mol. The monoisotopic (exact) mass is 691 g/mol. The number of hydrogen-bond acceptors (Lipinski definition) is 5. The number of rotatable bonds is 5. The summed E-state index contributed by atoms with van der Waals surface area (Å²) in [5, 5.41) is 6.36. The highest BCUT2D eigenvalue weighted by Crippen LogP contribution is 2.43. The van der Waals surface area contributed by atoms with Crippen molar-refractivity contribution >= 4 is 54.6 Å². The van der Waals surface area contributed by atoms with Crippen molar-refractivity contribution in [1.82, 2.24) is 15.0 Å². The van der Waals surface area contributed by atoms with E-state index in [1.54, 1.807) is 0 Å². The van der Waals surface area contributed by atoms with Gasteiger partial charge < -0.3 is 8.83 Å². The van der Waals surface area contributed by atoms with Crippen molar-refractivity contribution in [2.45, 2.75) is 0 Å². The van der Waals surface area contributed by atoms with E-state index in [9.17, 15) is 0 Å². The Labute approximate surface area is 309 Å². The molecule has 0 amide bonds. The van der Waals surface area contributed by atoms with E-state index in [1.165, 1.54) is 0 Å². The molecule has 0 aliphatic carbocycles. The van der Waals surface area contributed by atoms with Gasteiger partial charge in [-0.2, -0.15) is 0 Å². The second-order valence-electron chi connectivity index (χ2n) is 13.6. The van der Waals surface area contributed by atoms with E-state index in [0.29, 0.717) is 17.5 Å². The molecule has 5 nitrogen and oxygen atoms in total. The molecule has 252 valence electrons. The second kappa shape index (κ2) is 12.1. The van der Waals surface area contributed by atoms with Gasteiger partial charge in [0.25, 0.3) is 0 Å². The van der Waals surface area contributed by atoms with Crippen molar-refractivity contribution in [1.29, 1.82) is 0 Å². The summed E-state index contributed by atoms with van der Waals surface area (Å²) in [6.07, 6.45) is 0. The molecule has 0 spiro atoms. The second-order valence-corrected chi connectivity index (χ2v) is 13.6. The van der Waals surface area contributed by atoms with E-state index < -0.39 is 0 Å². The molecule has 8 aromatic carbocycles. The van der Waals surface area contributed by atoms with Gasteiger partial charge in [-0.3, -0.25) is 0 Å². The topological polar surface area (TPSA) is 65.0 Å². The lowest BCUT2D eigenvalue weighted by atomic mass is 9.95. The molecule has 3 heterocycles. The first-order valence-electron chi connectivity index (χ1n) is 18.0. The molecule has 0 aliphatic rings. The van der Waals surface area contributed by atoms with E-state index in [1.807, 2.05) is 48.5 Å². The fraction of sp³-hybridized carbons (Fsp3) is 0. The largest absolute Gasteiger partial charge is 0.456 e. The Kier molecular flexibility index (Phi) is 6.79. The molecule has 11 rings (SSSR count). The van der Waals surface area contributed by atoms with Gasteiger partial charge in [0.1, 0.15) is 22.3 Å². The fourth-order valence-electron chi connectivity index (χ4n) is 7.73. The van der Waals surface area contributed by atoms with Gasteiger partial charge in [0.15, 0.2) is 17.5 Å². The molecule has 11 aromatic rings. The smallest absolute Gasteiger partial charge is 0.164 e. The maximum atomic E-state index is 6.60. The zero-order valence-corrected chi connectivity index (χ0v) is 28.9. The Morgan fingerprint density at radius 2 is 0.852 bits per heavy atom. The third-order valence-electron chi connectivity index (χ3n) is 10.3. The number of benzene rings is 8. The number of para-hydroxylation sites is 2. The number of aromatic nitrogens is 3. The van der Waals surface area contributed by atoms with Gasteiger partial charge in [0.05, 0.1) is 0 Å². The van der Waals surface area contributed by atoms with Crippen molar-refractivity contribution in [2.24, 2.45) is 0 Å². The van der Waals surface area contributed by atoms with Crippen LogP contribution in [0.3, 0.4) is 0 Å². The van der Waals surface area contributed by atoms with E-state index in [0.717, 1.165) is 93.6 Å². The van der Waals surface area contributed by atoms with Crippen LogP contribution in [0.1, 0.15) is 0 Å². The van der Waals surface area contributed by atoms with Crippen molar-refractivity contribution in [2.75, 3.05) is 0 Å². The number of nitrogens with zero attached hydrogens (tertiary/aromatic N) is 3. The Morgan fingerprint density at radius 1 is 0.296 bits per heavy atom. The lowest BCUT2D eigenvalue weighted by Gasteiger charge is -2.12. The predicted molar refractivity (Wildman–Crippen MR) is 219 cm³/mol. The molecule has 0 radical (unpaired) electrons. The minimum absolute atomic E-state index is 0.568. The first-order valence-corrected chi connectivity index (χ1v) is 18.0. The maximum absolute atomic E-state index is 6.60. The van der Waals surface area contributed by atoms with E-state index in [2.05, 4.69) is 127 Å². The molecular weight excluding hydrogens is 663 g/mol. The van der Waals surface area contributed by atoms with Gasteiger partial charge >= 0.3 is 0 Å². The van der Waals surface area contributed by atoms with E-state index in [4.69, 9.17) is 23.8 Å². The van der Waals surface area contributed by atoms with Gasteiger partial charge in [-0.25, -0.2) is 15.0 Å². The molecule has 0 N–H and O–H groups in total. The molecule has 0 saturated carbocycles. The summed E-state index contributed by atoms with van der Waals surface area (Å²) in [4.78, 5) is 15.6. The normalized spacial score (nSPS) is 11.7. The predicted octanol–water partition coefficient (Wildman–Crippen LogP) is 13.2. The first-order chi connectivity index (χ1) is 26.7. The molecule has 3 aromatic heterocycles. The molecule has 0 unspecified atom stereocenters. The summed E-state index contributed by atoms with van der Waals surface area (Å²) in [7, 11) is 0. The molecule has 0 fully saturated rings. The third kappa shape index (κ3) is 4.98. The Balaban J connectivity index is 1.18. The fourth-order valence-corrected chi connectivity index (χ4v) is 7.73. The number of fused-ring (bicyclic) bond motifs is 7. The molecule has 0 atom stereocenters. The average Bonchev–Trinajstić information content (AvgIpc) is 3.82. The molecule has 0 aliphatic heterocycles. The zero-order chi connectivity index (χ0) is 35.6. The Hall–Kier alpha value is -7.37. The van der Waals surface area contributed by atoms with Crippen LogP contribution in [0.5, 0.6) is 0 Å². The standard InChI is InChI=1S/C49H29N3O2/c1-2-11-30(12-3-1)32-21-24-33(25-22-32)47-50-48(35-26-23-31-13-4-5-14-34(31)27-35)52-49(51-47)40-28-36(29-44-46(40)39-16-7-9-19-42(39)54-44)37-17-10-20-43-45(37)38-15-6-8-18-41(38)53-43/h1-29H. The van der Waals surface area contributed by atoms with Crippen LogP contribution in [0, 0.1) is 0 Å². The van der Waals surface area contributed by atoms with Gasteiger partial charge in [0, 0.05) is 38.2 Å². The molecular formula is C49H29N3O2. The quantitative estimate of drug-likeness (QED) is 0.180. The highest BCUT2D eigenvalue weighted by atomic mass is 16.3. The van der Waals surface area contributed by atoms with Crippen LogP contribution < -0.4 is 0 Å². The highest BCUT2D eigenvalue weighted by molar-refractivity contribution is 6.16. The summed E-state index contributed by atoms with van der Waals surface area (Å²) in [5.41, 5.74) is 10.2. The summed E-state index contributed by atoms with van der Waals surface area (Å²) < 4.78 is 12.9. The van der Waals surface area contributed by atoms with Crippen LogP contribution in [0.15, 0.2) is 185 Å². The van der Waals surface area contributed by atoms with Crippen LogP contribution in [0.4, 0.5) is 0 Å². The lowest BCUT2D eigenvalue weighted by molar-refractivity contribution is 0.668.